The highest BCUT2D eigenvalue weighted by Gasteiger charge is 2.38. The lowest BCUT2D eigenvalue weighted by molar-refractivity contribution is -0.121. The number of carbonyl (C=O) groups excluding carboxylic acids is 2. The molecule has 1 amide bonds. The van der Waals surface area contributed by atoms with Gasteiger partial charge in [-0.3, -0.25) is 4.79 Å². The number of hydrogen-bond acceptors (Lipinski definition) is 5. The molecule has 1 atom stereocenters. The van der Waals surface area contributed by atoms with Crippen molar-refractivity contribution in [3.63, 3.8) is 0 Å². The van der Waals surface area contributed by atoms with E-state index in [0.29, 0.717) is 24.2 Å². The van der Waals surface area contributed by atoms with Gasteiger partial charge in [0, 0.05) is 6.42 Å². The molecule has 1 aliphatic rings. The van der Waals surface area contributed by atoms with Crippen LogP contribution in [0.3, 0.4) is 0 Å². The molecule has 1 heterocycles. The van der Waals surface area contributed by atoms with Gasteiger partial charge in [-0.2, -0.15) is 0 Å². The maximum Gasteiger partial charge on any atom is 0.547 e. The van der Waals surface area contributed by atoms with Crippen molar-refractivity contribution in [2.75, 3.05) is 6.61 Å². The minimum Gasteiger partial charge on any atom is -0.534 e. The van der Waals surface area contributed by atoms with Crippen LogP contribution in [0.25, 0.3) is 0 Å². The summed E-state index contributed by atoms with van der Waals surface area (Å²) >= 11 is 0. The normalized spacial score (nSPS) is 16.5. The molecule has 118 valence electrons. The van der Waals surface area contributed by atoms with Crippen molar-refractivity contribution in [2.24, 2.45) is 0 Å². The van der Waals surface area contributed by atoms with Gasteiger partial charge in [-0.1, -0.05) is 19.1 Å². The summed E-state index contributed by atoms with van der Waals surface area (Å²) in [7, 11) is -1.20. The van der Waals surface area contributed by atoms with Gasteiger partial charge in [0.15, 0.2) is 0 Å². The molecule has 0 saturated carbocycles. The maximum absolute atomic E-state index is 12.1. The Morgan fingerprint density at radius 2 is 2.18 bits per heavy atom. The number of nitrogens with one attached hydrogen (secondary N) is 1. The van der Waals surface area contributed by atoms with E-state index in [1.54, 1.807) is 20.8 Å². The Labute approximate surface area is 129 Å². The SMILES string of the molecule is CCOC(=O)c1c(C)ccc2c1OB(O)[C@@H](NC(=O)CC)C2. The van der Waals surface area contributed by atoms with Crippen LogP contribution in [0.1, 0.15) is 41.8 Å². The first-order valence-electron chi connectivity index (χ1n) is 7.41. The van der Waals surface area contributed by atoms with E-state index < -0.39 is 19.0 Å². The summed E-state index contributed by atoms with van der Waals surface area (Å²) in [6.45, 7) is 5.52. The summed E-state index contributed by atoms with van der Waals surface area (Å²) in [6, 6.07) is 3.65. The maximum atomic E-state index is 12.1. The largest absolute Gasteiger partial charge is 0.547 e. The van der Waals surface area contributed by atoms with E-state index >= 15 is 0 Å². The fourth-order valence-corrected chi connectivity index (χ4v) is 2.45. The molecule has 6 nitrogen and oxygen atoms in total. The van der Waals surface area contributed by atoms with Gasteiger partial charge in [-0.15, -0.1) is 0 Å². The second-order valence-electron chi connectivity index (χ2n) is 5.21. The molecule has 1 aromatic carbocycles. The van der Waals surface area contributed by atoms with Gasteiger partial charge < -0.3 is 19.7 Å². The van der Waals surface area contributed by atoms with Crippen LogP contribution in [0, 0.1) is 6.92 Å². The van der Waals surface area contributed by atoms with Gasteiger partial charge in [-0.05, 0) is 31.4 Å². The standard InChI is InChI=1S/C15H20BNO5/c1-4-12(18)17-11-8-10-7-6-9(3)13(15(19)21-5-2)14(10)22-16(11)20/h6-7,11,20H,4-5,8H2,1-3H3,(H,17,18)/t11-/m0/s1. The third kappa shape index (κ3) is 3.25. The van der Waals surface area contributed by atoms with Crippen molar-refractivity contribution in [1.29, 1.82) is 0 Å². The number of hydrogen-bond donors (Lipinski definition) is 2. The van der Waals surface area contributed by atoms with Crippen LogP contribution in [-0.2, 0) is 16.0 Å². The summed E-state index contributed by atoms with van der Waals surface area (Å²) in [4.78, 5) is 23.6. The van der Waals surface area contributed by atoms with Gasteiger partial charge in [0.2, 0.25) is 5.91 Å². The highest BCUT2D eigenvalue weighted by atomic mass is 16.5. The Morgan fingerprint density at radius 1 is 1.45 bits per heavy atom. The highest BCUT2D eigenvalue weighted by Crippen LogP contribution is 2.32. The van der Waals surface area contributed by atoms with E-state index in [9.17, 15) is 14.6 Å². The summed E-state index contributed by atoms with van der Waals surface area (Å²) < 4.78 is 10.6. The summed E-state index contributed by atoms with van der Waals surface area (Å²) in [6.07, 6.45) is 0.729. The van der Waals surface area contributed by atoms with Crippen molar-refractivity contribution in [3.8, 4) is 5.75 Å². The lowest BCUT2D eigenvalue weighted by Gasteiger charge is -2.29. The molecule has 1 aromatic rings. The first-order chi connectivity index (χ1) is 10.5. The summed E-state index contributed by atoms with van der Waals surface area (Å²) in [5.41, 5.74) is 1.82. The van der Waals surface area contributed by atoms with Gasteiger partial charge >= 0.3 is 13.1 Å². The molecule has 0 saturated heterocycles. The zero-order valence-electron chi connectivity index (χ0n) is 13.0. The third-order valence-electron chi connectivity index (χ3n) is 3.62. The van der Waals surface area contributed by atoms with Crippen LogP contribution < -0.4 is 9.97 Å². The number of amides is 1. The smallest absolute Gasteiger partial charge is 0.534 e. The minimum atomic E-state index is -1.20. The van der Waals surface area contributed by atoms with Gasteiger partial charge in [0.05, 0.1) is 12.5 Å². The molecule has 0 unspecified atom stereocenters. The summed E-state index contributed by atoms with van der Waals surface area (Å²) in [5.74, 6) is -0.820. The van der Waals surface area contributed by atoms with Crippen molar-refractivity contribution in [3.05, 3.63) is 28.8 Å². The molecule has 2 rings (SSSR count). The number of rotatable bonds is 4. The van der Waals surface area contributed by atoms with Crippen LogP contribution in [0.2, 0.25) is 0 Å². The number of benzene rings is 1. The highest BCUT2D eigenvalue weighted by molar-refractivity contribution is 6.47. The molecule has 0 fully saturated rings. The van der Waals surface area contributed by atoms with Crippen LogP contribution in [0.15, 0.2) is 12.1 Å². The molecule has 1 aliphatic heterocycles. The van der Waals surface area contributed by atoms with E-state index in [1.165, 1.54) is 0 Å². The van der Waals surface area contributed by atoms with Crippen molar-refractivity contribution in [2.45, 2.75) is 39.6 Å². The topological polar surface area (TPSA) is 84.9 Å². The van der Waals surface area contributed by atoms with Crippen LogP contribution in [-0.4, -0.2) is 36.6 Å². The molecule has 22 heavy (non-hydrogen) atoms. The number of fused-ring (bicyclic) bond motifs is 1. The number of ether oxygens (including phenoxy) is 1. The monoisotopic (exact) mass is 305 g/mol. The third-order valence-corrected chi connectivity index (χ3v) is 3.62. The number of esters is 1. The van der Waals surface area contributed by atoms with Gasteiger partial charge in [0.1, 0.15) is 11.3 Å². The van der Waals surface area contributed by atoms with Crippen LogP contribution in [0.4, 0.5) is 0 Å². The molecule has 2 N–H and O–H groups in total. The van der Waals surface area contributed by atoms with E-state index in [2.05, 4.69) is 5.32 Å². The minimum absolute atomic E-state index is 0.158. The molecule has 0 aromatic heterocycles. The number of carbonyl (C=O) groups is 2. The Bertz CT molecular complexity index is 590. The molecule has 0 radical (unpaired) electrons. The van der Waals surface area contributed by atoms with E-state index in [-0.39, 0.29) is 12.5 Å². The Balaban J connectivity index is 2.32. The average molecular weight is 305 g/mol. The van der Waals surface area contributed by atoms with E-state index in [4.69, 9.17) is 9.39 Å². The van der Waals surface area contributed by atoms with Gasteiger partial charge in [0.25, 0.3) is 0 Å². The van der Waals surface area contributed by atoms with Crippen molar-refractivity contribution >= 4 is 19.0 Å². The molecular weight excluding hydrogens is 285 g/mol. The second kappa shape index (κ2) is 6.83. The zero-order chi connectivity index (χ0) is 16.3. The van der Waals surface area contributed by atoms with Crippen LogP contribution >= 0.6 is 0 Å². The Kier molecular flexibility index (Phi) is 5.08. The van der Waals surface area contributed by atoms with Crippen LogP contribution in [0.5, 0.6) is 5.75 Å². The lowest BCUT2D eigenvalue weighted by atomic mass is 9.72. The first-order valence-corrected chi connectivity index (χ1v) is 7.41. The van der Waals surface area contributed by atoms with Crippen molar-refractivity contribution in [1.82, 2.24) is 5.32 Å². The fourth-order valence-electron chi connectivity index (χ4n) is 2.45. The van der Waals surface area contributed by atoms with E-state index in [1.807, 2.05) is 12.1 Å². The lowest BCUT2D eigenvalue weighted by Crippen LogP contribution is -2.53. The van der Waals surface area contributed by atoms with Gasteiger partial charge in [-0.25, -0.2) is 4.79 Å². The zero-order valence-corrected chi connectivity index (χ0v) is 13.0. The average Bonchev–Trinajstić information content (AvgIpc) is 2.48. The predicted octanol–water partition coefficient (Wildman–Crippen LogP) is 1.02. The Hall–Kier alpha value is -2.02. The summed E-state index contributed by atoms with van der Waals surface area (Å²) in [5, 5.41) is 12.8. The first kappa shape index (κ1) is 16.4. The predicted molar refractivity (Wildman–Crippen MR) is 81.7 cm³/mol. The molecular formula is C15H20BNO5. The van der Waals surface area contributed by atoms with Crippen molar-refractivity contribution < 1.29 is 24.0 Å². The molecule has 7 heteroatoms. The fraction of sp³-hybridized carbons (Fsp3) is 0.467. The Morgan fingerprint density at radius 3 is 2.82 bits per heavy atom. The molecule has 0 bridgehead atoms. The molecule has 0 aliphatic carbocycles. The second-order valence-corrected chi connectivity index (χ2v) is 5.21. The quantitative estimate of drug-likeness (QED) is 0.641. The van der Waals surface area contributed by atoms with E-state index in [0.717, 1.165) is 11.1 Å². The number of aryl methyl sites for hydroxylation is 1. The molecule has 0 spiro atoms.